The highest BCUT2D eigenvalue weighted by molar-refractivity contribution is 5.99. The van der Waals surface area contributed by atoms with Gasteiger partial charge in [-0.2, -0.15) is 0 Å². The van der Waals surface area contributed by atoms with Crippen LogP contribution in [0.1, 0.15) is 24.1 Å². The van der Waals surface area contributed by atoms with Crippen LogP contribution >= 0.6 is 0 Å². The first-order valence-corrected chi connectivity index (χ1v) is 6.65. The largest absolute Gasteiger partial charge is 0.324 e. The molecule has 0 saturated heterocycles. The molecule has 4 nitrogen and oxygen atoms in total. The van der Waals surface area contributed by atoms with Gasteiger partial charge in [-0.3, -0.25) is 0 Å². The molecule has 0 fully saturated rings. The second-order valence-corrected chi connectivity index (χ2v) is 5.01. The zero-order chi connectivity index (χ0) is 15.4. The minimum Gasteiger partial charge on any atom is -0.324 e. The van der Waals surface area contributed by atoms with Gasteiger partial charge in [0.05, 0.1) is 0 Å². The summed E-state index contributed by atoms with van der Waals surface area (Å²) in [7, 11) is 0. The summed E-state index contributed by atoms with van der Waals surface area (Å²) in [4.78, 5) is 11.9. The Hall–Kier alpha value is -2.40. The van der Waals surface area contributed by atoms with Crippen LogP contribution in [0, 0.1) is 12.7 Å². The summed E-state index contributed by atoms with van der Waals surface area (Å²) >= 11 is 0. The number of carbonyl (C=O) groups excluding carboxylic acids is 1. The highest BCUT2D eigenvalue weighted by Gasteiger charge is 2.05. The normalized spacial score (nSPS) is 11.8. The van der Waals surface area contributed by atoms with Gasteiger partial charge < -0.3 is 16.4 Å². The van der Waals surface area contributed by atoms with E-state index >= 15 is 0 Å². The molecule has 0 aliphatic rings. The van der Waals surface area contributed by atoms with Crippen molar-refractivity contribution in [3.8, 4) is 0 Å². The van der Waals surface area contributed by atoms with E-state index in [9.17, 15) is 9.18 Å². The van der Waals surface area contributed by atoms with Crippen LogP contribution in [0.5, 0.6) is 0 Å². The number of halogens is 1. The Kier molecular flexibility index (Phi) is 4.55. The molecule has 2 amide bonds. The molecule has 0 aliphatic heterocycles. The molecule has 0 saturated carbocycles. The summed E-state index contributed by atoms with van der Waals surface area (Å²) in [6, 6.07) is 11.1. The molecule has 0 radical (unpaired) electrons. The van der Waals surface area contributed by atoms with Crippen LogP contribution in [-0.2, 0) is 0 Å². The number of nitrogens with one attached hydrogen (secondary N) is 2. The smallest absolute Gasteiger partial charge is 0.323 e. The van der Waals surface area contributed by atoms with Crippen molar-refractivity contribution in [1.82, 2.24) is 0 Å². The Morgan fingerprint density at radius 1 is 1.10 bits per heavy atom. The minimum absolute atomic E-state index is 0.0526. The monoisotopic (exact) mass is 287 g/mol. The summed E-state index contributed by atoms with van der Waals surface area (Å²) in [6.07, 6.45) is 0. The second kappa shape index (κ2) is 6.37. The topological polar surface area (TPSA) is 67.2 Å². The Labute approximate surface area is 123 Å². The van der Waals surface area contributed by atoms with Crippen LogP contribution < -0.4 is 16.4 Å². The maximum absolute atomic E-state index is 13.2. The van der Waals surface area contributed by atoms with Crippen molar-refractivity contribution >= 4 is 17.4 Å². The number of carbonyl (C=O) groups is 1. The summed E-state index contributed by atoms with van der Waals surface area (Å²) in [5.41, 5.74) is 8.55. The number of nitrogens with two attached hydrogens (primary N) is 1. The lowest BCUT2D eigenvalue weighted by atomic mass is 10.1. The van der Waals surface area contributed by atoms with Crippen molar-refractivity contribution in [3.63, 3.8) is 0 Å². The van der Waals surface area contributed by atoms with Crippen LogP contribution in [0.2, 0.25) is 0 Å². The fourth-order valence-corrected chi connectivity index (χ4v) is 1.97. The van der Waals surface area contributed by atoms with E-state index in [4.69, 9.17) is 5.73 Å². The molecule has 5 heteroatoms. The van der Waals surface area contributed by atoms with Crippen molar-refractivity contribution < 1.29 is 9.18 Å². The molecule has 0 aromatic heterocycles. The number of anilines is 2. The lowest BCUT2D eigenvalue weighted by Crippen LogP contribution is -2.19. The zero-order valence-corrected chi connectivity index (χ0v) is 12.0. The molecule has 2 rings (SSSR count). The highest BCUT2D eigenvalue weighted by atomic mass is 19.1. The van der Waals surface area contributed by atoms with Gasteiger partial charge in [-0.25, -0.2) is 9.18 Å². The van der Waals surface area contributed by atoms with Gasteiger partial charge in [-0.15, -0.1) is 0 Å². The Bertz CT molecular complexity index is 618. The molecule has 0 heterocycles. The molecular weight excluding hydrogens is 269 g/mol. The standard InChI is InChI=1S/C16H18FN3O/c1-10-7-13(17)9-15(8-10)20-16(21)19-14-5-3-12(4-6-14)11(2)18/h3-9,11H,18H2,1-2H3,(H2,19,20,21). The van der Waals surface area contributed by atoms with E-state index in [1.165, 1.54) is 12.1 Å². The first-order chi connectivity index (χ1) is 9.94. The molecule has 0 aliphatic carbocycles. The maximum Gasteiger partial charge on any atom is 0.323 e. The van der Waals surface area contributed by atoms with Crippen LogP contribution in [-0.4, -0.2) is 6.03 Å². The number of urea groups is 1. The van der Waals surface area contributed by atoms with E-state index < -0.39 is 6.03 Å². The van der Waals surface area contributed by atoms with E-state index in [1.807, 2.05) is 19.1 Å². The molecule has 2 aromatic rings. The third-order valence-corrected chi connectivity index (χ3v) is 2.99. The van der Waals surface area contributed by atoms with Gasteiger partial charge in [0.15, 0.2) is 0 Å². The van der Waals surface area contributed by atoms with Gasteiger partial charge in [0.1, 0.15) is 5.82 Å². The predicted octanol–water partition coefficient (Wildman–Crippen LogP) is 3.80. The summed E-state index contributed by atoms with van der Waals surface area (Å²) < 4.78 is 13.2. The van der Waals surface area contributed by atoms with E-state index in [2.05, 4.69) is 10.6 Å². The Morgan fingerprint density at radius 3 is 2.29 bits per heavy atom. The SMILES string of the molecule is Cc1cc(F)cc(NC(=O)Nc2ccc(C(C)N)cc2)c1. The third kappa shape index (κ3) is 4.29. The van der Waals surface area contributed by atoms with Crippen LogP contribution in [0.3, 0.4) is 0 Å². The van der Waals surface area contributed by atoms with Gasteiger partial charge in [-0.05, 0) is 55.3 Å². The fraction of sp³-hybridized carbons (Fsp3) is 0.188. The molecular formula is C16H18FN3O. The number of hydrogen-bond acceptors (Lipinski definition) is 2. The van der Waals surface area contributed by atoms with Gasteiger partial charge in [0, 0.05) is 17.4 Å². The number of rotatable bonds is 3. The lowest BCUT2D eigenvalue weighted by molar-refractivity contribution is 0.262. The first-order valence-electron chi connectivity index (χ1n) is 6.65. The molecule has 21 heavy (non-hydrogen) atoms. The first kappa shape index (κ1) is 15.0. The average molecular weight is 287 g/mol. The molecule has 1 unspecified atom stereocenters. The number of amides is 2. The molecule has 0 spiro atoms. The zero-order valence-electron chi connectivity index (χ0n) is 12.0. The molecule has 2 aromatic carbocycles. The summed E-state index contributed by atoms with van der Waals surface area (Å²) in [5, 5.41) is 5.28. The lowest BCUT2D eigenvalue weighted by Gasteiger charge is -2.10. The van der Waals surface area contributed by atoms with Gasteiger partial charge >= 0.3 is 6.03 Å². The Morgan fingerprint density at radius 2 is 1.71 bits per heavy atom. The molecule has 1 atom stereocenters. The van der Waals surface area contributed by atoms with E-state index in [1.54, 1.807) is 25.1 Å². The van der Waals surface area contributed by atoms with E-state index in [-0.39, 0.29) is 11.9 Å². The molecule has 0 bridgehead atoms. The summed E-state index contributed by atoms with van der Waals surface area (Å²) in [6.45, 7) is 3.65. The minimum atomic E-state index is -0.423. The van der Waals surface area contributed by atoms with Gasteiger partial charge in [-0.1, -0.05) is 12.1 Å². The van der Waals surface area contributed by atoms with Crippen molar-refractivity contribution in [3.05, 3.63) is 59.4 Å². The third-order valence-electron chi connectivity index (χ3n) is 2.99. The van der Waals surface area contributed by atoms with Crippen LogP contribution in [0.4, 0.5) is 20.6 Å². The van der Waals surface area contributed by atoms with Crippen LogP contribution in [0.25, 0.3) is 0 Å². The maximum atomic E-state index is 13.2. The molecule has 4 N–H and O–H groups in total. The predicted molar refractivity (Wildman–Crippen MR) is 82.8 cm³/mol. The van der Waals surface area contributed by atoms with Crippen molar-refractivity contribution in [2.75, 3.05) is 10.6 Å². The Balaban J connectivity index is 2.01. The fourth-order valence-electron chi connectivity index (χ4n) is 1.97. The van der Waals surface area contributed by atoms with Crippen molar-refractivity contribution in [2.45, 2.75) is 19.9 Å². The quantitative estimate of drug-likeness (QED) is 0.803. The average Bonchev–Trinajstić information content (AvgIpc) is 2.37. The number of hydrogen-bond donors (Lipinski definition) is 3. The second-order valence-electron chi connectivity index (χ2n) is 5.01. The molecule has 110 valence electrons. The van der Waals surface area contributed by atoms with Gasteiger partial charge in [0.2, 0.25) is 0 Å². The van der Waals surface area contributed by atoms with E-state index in [0.717, 1.165) is 11.1 Å². The summed E-state index contributed by atoms with van der Waals surface area (Å²) in [5.74, 6) is -0.383. The van der Waals surface area contributed by atoms with Gasteiger partial charge in [0.25, 0.3) is 0 Å². The number of benzene rings is 2. The van der Waals surface area contributed by atoms with Crippen molar-refractivity contribution in [2.24, 2.45) is 5.73 Å². The van der Waals surface area contributed by atoms with Crippen molar-refractivity contribution in [1.29, 1.82) is 0 Å². The van der Waals surface area contributed by atoms with E-state index in [0.29, 0.717) is 11.4 Å². The number of aryl methyl sites for hydroxylation is 1. The van der Waals surface area contributed by atoms with Crippen LogP contribution in [0.15, 0.2) is 42.5 Å². The highest BCUT2D eigenvalue weighted by Crippen LogP contribution is 2.16.